The number of amides is 1. The smallest absolute Gasteiger partial charge is 0.257 e. The molecule has 2 heterocycles. The van der Waals surface area contributed by atoms with Gasteiger partial charge in [-0.05, 0) is 24.6 Å². The van der Waals surface area contributed by atoms with E-state index in [2.05, 4.69) is 4.90 Å². The van der Waals surface area contributed by atoms with Gasteiger partial charge in [0, 0.05) is 32.8 Å². The maximum absolute atomic E-state index is 13.2. The van der Waals surface area contributed by atoms with E-state index >= 15 is 0 Å². The molecule has 2 aliphatic rings. The molecule has 0 spiro atoms. The lowest BCUT2D eigenvalue weighted by molar-refractivity contribution is 0.0245. The summed E-state index contributed by atoms with van der Waals surface area (Å²) in [7, 11) is 0.00459. The molecule has 2 aliphatic heterocycles. The molecule has 3 rings (SSSR count). The highest BCUT2D eigenvalue weighted by atomic mass is 32.2. The highest BCUT2D eigenvalue weighted by Crippen LogP contribution is 2.30. The Balaban J connectivity index is 1.88. The minimum absolute atomic E-state index is 0.0149. The van der Waals surface area contributed by atoms with Gasteiger partial charge < -0.3 is 14.4 Å². The van der Waals surface area contributed by atoms with Crippen molar-refractivity contribution in [1.29, 1.82) is 0 Å². The van der Waals surface area contributed by atoms with E-state index in [1.54, 1.807) is 18.1 Å². The second kappa shape index (κ2) is 7.54. The van der Waals surface area contributed by atoms with E-state index in [0.29, 0.717) is 37.6 Å². The molecule has 1 aromatic carbocycles. The van der Waals surface area contributed by atoms with E-state index in [9.17, 15) is 13.2 Å². The summed E-state index contributed by atoms with van der Waals surface area (Å²) in [6.07, 6.45) is 0. The Labute approximate surface area is 154 Å². The molecule has 0 bridgehead atoms. The second-order valence-corrected chi connectivity index (χ2v) is 9.10. The molecule has 1 amide bonds. The molecule has 8 heteroatoms. The van der Waals surface area contributed by atoms with Crippen molar-refractivity contribution < 1.29 is 22.7 Å². The molecule has 26 heavy (non-hydrogen) atoms. The maximum Gasteiger partial charge on any atom is 0.257 e. The first-order valence-electron chi connectivity index (χ1n) is 8.75. The minimum Gasteiger partial charge on any atom is -0.496 e. The molecule has 2 unspecified atom stereocenters. The number of carbonyl (C=O) groups excluding carboxylic acids is 1. The van der Waals surface area contributed by atoms with E-state index in [-0.39, 0.29) is 29.5 Å². The summed E-state index contributed by atoms with van der Waals surface area (Å²) in [5.74, 6) is 0.464. The van der Waals surface area contributed by atoms with Gasteiger partial charge in [-0.3, -0.25) is 9.69 Å². The van der Waals surface area contributed by atoms with E-state index in [1.807, 2.05) is 19.1 Å². The Bertz CT molecular complexity index is 780. The van der Waals surface area contributed by atoms with Gasteiger partial charge in [0.15, 0.2) is 9.84 Å². The number of hydrogen-bond acceptors (Lipinski definition) is 6. The lowest BCUT2D eigenvalue weighted by Crippen LogP contribution is -2.61. The third-order valence-electron chi connectivity index (χ3n) is 5.22. The Hall–Kier alpha value is -1.64. The maximum atomic E-state index is 13.2. The van der Waals surface area contributed by atoms with Gasteiger partial charge in [0.1, 0.15) is 5.75 Å². The molecular weight excluding hydrogens is 356 g/mol. The van der Waals surface area contributed by atoms with Crippen LogP contribution in [0.1, 0.15) is 15.9 Å². The van der Waals surface area contributed by atoms with Crippen LogP contribution in [0, 0.1) is 6.92 Å². The highest BCUT2D eigenvalue weighted by Gasteiger charge is 2.48. The zero-order valence-corrected chi connectivity index (χ0v) is 16.3. The van der Waals surface area contributed by atoms with Crippen molar-refractivity contribution in [1.82, 2.24) is 9.80 Å². The van der Waals surface area contributed by atoms with Gasteiger partial charge in [-0.2, -0.15) is 0 Å². The van der Waals surface area contributed by atoms with Crippen molar-refractivity contribution in [3.05, 3.63) is 29.3 Å². The van der Waals surface area contributed by atoms with Crippen LogP contribution in [0.5, 0.6) is 5.75 Å². The fourth-order valence-corrected chi connectivity index (χ4v) is 5.90. The Morgan fingerprint density at radius 3 is 2.62 bits per heavy atom. The lowest BCUT2D eigenvalue weighted by atomic mass is 10.0. The molecule has 2 fully saturated rings. The van der Waals surface area contributed by atoms with Crippen molar-refractivity contribution in [2.45, 2.75) is 19.0 Å². The number of piperazine rings is 1. The van der Waals surface area contributed by atoms with Crippen LogP contribution in [0.3, 0.4) is 0 Å². The van der Waals surface area contributed by atoms with Crippen LogP contribution in [-0.4, -0.2) is 88.2 Å². The molecule has 7 nitrogen and oxygen atoms in total. The summed E-state index contributed by atoms with van der Waals surface area (Å²) >= 11 is 0. The monoisotopic (exact) mass is 382 g/mol. The number of carbonyl (C=O) groups is 1. The number of benzene rings is 1. The van der Waals surface area contributed by atoms with E-state index in [0.717, 1.165) is 5.56 Å². The van der Waals surface area contributed by atoms with Crippen molar-refractivity contribution in [3.8, 4) is 5.75 Å². The molecule has 144 valence electrons. The number of sulfone groups is 1. The topological polar surface area (TPSA) is 76.2 Å². The predicted octanol–water partition coefficient (Wildman–Crippen LogP) is 0.573. The Morgan fingerprint density at radius 2 is 1.92 bits per heavy atom. The number of aryl methyl sites for hydroxylation is 1. The molecule has 0 aliphatic carbocycles. The first kappa shape index (κ1) is 19.1. The van der Waals surface area contributed by atoms with Gasteiger partial charge in [0.05, 0.1) is 36.8 Å². The Kier molecular flexibility index (Phi) is 5.55. The SMILES string of the molecule is COCCN1CCN(C(=O)c2ccc(C)cc2OC)C2CS(=O)(=O)CC21. The van der Waals surface area contributed by atoms with Gasteiger partial charge in [-0.1, -0.05) is 6.07 Å². The van der Waals surface area contributed by atoms with E-state index in [4.69, 9.17) is 9.47 Å². The van der Waals surface area contributed by atoms with Crippen LogP contribution in [0.25, 0.3) is 0 Å². The predicted molar refractivity (Wildman–Crippen MR) is 98.4 cm³/mol. The second-order valence-electron chi connectivity index (χ2n) is 6.94. The number of hydrogen-bond donors (Lipinski definition) is 0. The molecule has 2 atom stereocenters. The van der Waals surface area contributed by atoms with Crippen molar-refractivity contribution in [3.63, 3.8) is 0 Å². The number of methoxy groups -OCH3 is 2. The number of rotatable bonds is 5. The summed E-state index contributed by atoms with van der Waals surface area (Å²) < 4.78 is 35.1. The van der Waals surface area contributed by atoms with Crippen LogP contribution >= 0.6 is 0 Å². The number of ether oxygens (including phenoxy) is 2. The standard InChI is InChI=1S/C18H26N2O5S/c1-13-4-5-14(17(10-13)25-3)18(21)20-7-6-19(8-9-24-2)15-11-26(22,23)12-16(15)20/h4-5,10,15-16H,6-9,11-12H2,1-3H3. The van der Waals surface area contributed by atoms with Gasteiger partial charge in [0.25, 0.3) is 5.91 Å². The lowest BCUT2D eigenvalue weighted by Gasteiger charge is -2.44. The van der Waals surface area contributed by atoms with Gasteiger partial charge in [-0.15, -0.1) is 0 Å². The third kappa shape index (κ3) is 3.72. The zero-order chi connectivity index (χ0) is 18.9. The van der Waals surface area contributed by atoms with Crippen LogP contribution in [0.15, 0.2) is 18.2 Å². The highest BCUT2D eigenvalue weighted by molar-refractivity contribution is 7.91. The largest absolute Gasteiger partial charge is 0.496 e. The molecule has 0 radical (unpaired) electrons. The summed E-state index contributed by atoms with van der Waals surface area (Å²) in [5, 5.41) is 0. The molecule has 1 aromatic rings. The Morgan fingerprint density at radius 1 is 1.19 bits per heavy atom. The van der Waals surface area contributed by atoms with Crippen LogP contribution < -0.4 is 4.74 Å². The summed E-state index contributed by atoms with van der Waals surface area (Å²) in [5.41, 5.74) is 1.48. The summed E-state index contributed by atoms with van der Waals surface area (Å²) in [4.78, 5) is 17.0. The zero-order valence-electron chi connectivity index (χ0n) is 15.5. The first-order valence-corrected chi connectivity index (χ1v) is 10.6. The average molecular weight is 382 g/mol. The van der Waals surface area contributed by atoms with Crippen molar-refractivity contribution in [2.24, 2.45) is 0 Å². The molecule has 2 saturated heterocycles. The van der Waals surface area contributed by atoms with Crippen molar-refractivity contribution >= 4 is 15.7 Å². The molecular formula is C18H26N2O5S. The number of fused-ring (bicyclic) bond motifs is 1. The fourth-order valence-electron chi connectivity index (χ4n) is 3.89. The van der Waals surface area contributed by atoms with Crippen LogP contribution in [0.2, 0.25) is 0 Å². The fraction of sp³-hybridized carbons (Fsp3) is 0.611. The number of nitrogens with zero attached hydrogens (tertiary/aromatic N) is 2. The molecule has 0 saturated carbocycles. The van der Waals surface area contributed by atoms with Gasteiger partial charge in [0.2, 0.25) is 0 Å². The van der Waals surface area contributed by atoms with Gasteiger partial charge >= 0.3 is 0 Å². The average Bonchev–Trinajstić information content (AvgIpc) is 2.94. The third-order valence-corrected chi connectivity index (χ3v) is 6.92. The molecule has 0 N–H and O–H groups in total. The normalized spacial score (nSPS) is 25.1. The minimum atomic E-state index is -3.17. The van der Waals surface area contributed by atoms with Gasteiger partial charge in [-0.25, -0.2) is 8.42 Å². The molecule has 0 aromatic heterocycles. The van der Waals surface area contributed by atoms with E-state index < -0.39 is 9.84 Å². The van der Waals surface area contributed by atoms with Crippen LogP contribution in [-0.2, 0) is 14.6 Å². The quantitative estimate of drug-likeness (QED) is 0.741. The summed E-state index contributed by atoms with van der Waals surface area (Å²) in [6, 6.07) is 4.94. The summed E-state index contributed by atoms with van der Waals surface area (Å²) in [6.45, 7) is 4.28. The van der Waals surface area contributed by atoms with Crippen molar-refractivity contribution in [2.75, 3.05) is 52.0 Å². The van der Waals surface area contributed by atoms with Crippen LogP contribution in [0.4, 0.5) is 0 Å². The first-order chi connectivity index (χ1) is 12.4. The van der Waals surface area contributed by atoms with E-state index in [1.165, 1.54) is 7.11 Å².